The van der Waals surface area contributed by atoms with Gasteiger partial charge in [0.1, 0.15) is 11.2 Å². The molecular weight excluding hydrogens is 717 g/mol. The lowest BCUT2D eigenvalue weighted by Gasteiger charge is -2.13. The van der Waals surface area contributed by atoms with Gasteiger partial charge in [0.05, 0.1) is 32.4 Å². The van der Waals surface area contributed by atoms with Crippen molar-refractivity contribution in [3.63, 3.8) is 0 Å². The highest BCUT2D eigenvalue weighted by Crippen LogP contribution is 2.46. The summed E-state index contributed by atoms with van der Waals surface area (Å²) in [7, 11) is 0. The van der Waals surface area contributed by atoms with Crippen molar-refractivity contribution < 1.29 is 4.42 Å². The third kappa shape index (κ3) is 4.98. The largest absolute Gasteiger partial charge is 0.455 e. The molecule has 0 bridgehead atoms. The molecule has 0 saturated carbocycles. The number of para-hydroxylation sites is 2. The molecule has 6 heteroatoms. The first-order valence-corrected chi connectivity index (χ1v) is 19.8. The second kappa shape index (κ2) is 12.6. The van der Waals surface area contributed by atoms with Crippen LogP contribution in [-0.2, 0) is 0 Å². The summed E-state index contributed by atoms with van der Waals surface area (Å²) in [5.74, 6) is 1.75. The van der Waals surface area contributed by atoms with Crippen LogP contribution < -0.4 is 0 Å². The number of thiophene rings is 1. The molecule has 0 amide bonds. The minimum absolute atomic E-state index is 0.550. The maximum atomic E-state index is 6.89. The molecule has 12 rings (SSSR count). The van der Waals surface area contributed by atoms with Crippen LogP contribution in [0.3, 0.4) is 0 Å². The minimum atomic E-state index is 0.550. The standard InChI is InChI=1S/C51H30N4OS/c1-3-14-31(15-4-1)33-18-13-19-34(30-33)50-52-49(32-16-5-2-6-17-32)53-51(54-50)40-28-29-42(45-39-22-8-11-24-43(39)56-47(40)45)55-41-23-10-7-20-35(41)37-26-27-38-36-21-9-12-25-44(36)57-48(38)46(37)55/h1-30H. The third-order valence-electron chi connectivity index (χ3n) is 11.1. The van der Waals surface area contributed by atoms with Gasteiger partial charge >= 0.3 is 0 Å². The summed E-state index contributed by atoms with van der Waals surface area (Å²) in [5.41, 5.74) is 9.78. The fraction of sp³-hybridized carbons (Fsp3) is 0. The Morgan fingerprint density at radius 2 is 1.07 bits per heavy atom. The molecule has 4 aromatic heterocycles. The number of aromatic nitrogens is 4. The SMILES string of the molecule is c1ccc(-c2cccc(-c3nc(-c4ccccc4)nc(-c4ccc(-n5c6ccccc6c6ccc7c8ccccc8sc7c65)c5c4oc4ccccc45)n3)c2)cc1. The Morgan fingerprint density at radius 3 is 1.91 bits per heavy atom. The Bertz CT molecular complexity index is 3530. The molecule has 0 saturated heterocycles. The first-order chi connectivity index (χ1) is 28.3. The third-order valence-corrected chi connectivity index (χ3v) is 12.3. The van der Waals surface area contributed by atoms with Crippen molar-refractivity contribution in [2.45, 2.75) is 0 Å². The van der Waals surface area contributed by atoms with Gasteiger partial charge in [0.25, 0.3) is 0 Å². The fourth-order valence-electron chi connectivity index (χ4n) is 8.46. The molecule has 266 valence electrons. The maximum Gasteiger partial charge on any atom is 0.167 e. The predicted molar refractivity (Wildman–Crippen MR) is 236 cm³/mol. The zero-order chi connectivity index (χ0) is 37.5. The van der Waals surface area contributed by atoms with E-state index in [2.05, 4.69) is 138 Å². The quantitative estimate of drug-likeness (QED) is 0.176. The molecule has 0 aliphatic carbocycles. The summed E-state index contributed by atoms with van der Waals surface area (Å²) in [6.07, 6.45) is 0. The Morgan fingerprint density at radius 1 is 0.439 bits per heavy atom. The number of benzene rings is 8. The van der Waals surface area contributed by atoms with Crippen LogP contribution in [0.15, 0.2) is 186 Å². The van der Waals surface area contributed by atoms with Gasteiger partial charge in [-0.1, -0.05) is 146 Å². The van der Waals surface area contributed by atoms with Gasteiger partial charge in [0, 0.05) is 42.8 Å². The second-order valence-electron chi connectivity index (χ2n) is 14.3. The molecule has 12 aromatic rings. The van der Waals surface area contributed by atoms with Crippen LogP contribution in [-0.4, -0.2) is 19.5 Å². The lowest BCUT2D eigenvalue weighted by Crippen LogP contribution is -2.01. The van der Waals surface area contributed by atoms with E-state index in [1.807, 2.05) is 59.9 Å². The lowest BCUT2D eigenvalue weighted by molar-refractivity contribution is 0.669. The molecule has 4 heterocycles. The van der Waals surface area contributed by atoms with Gasteiger partial charge in [-0.15, -0.1) is 11.3 Å². The van der Waals surface area contributed by atoms with Crippen molar-refractivity contribution >= 4 is 75.3 Å². The number of hydrogen-bond donors (Lipinski definition) is 0. The Labute approximate surface area is 330 Å². The molecule has 0 unspecified atom stereocenters. The average Bonchev–Trinajstić information content (AvgIpc) is 3.97. The van der Waals surface area contributed by atoms with E-state index >= 15 is 0 Å². The lowest BCUT2D eigenvalue weighted by atomic mass is 10.0. The number of rotatable bonds is 5. The van der Waals surface area contributed by atoms with E-state index in [1.165, 1.54) is 36.5 Å². The first kappa shape index (κ1) is 31.9. The van der Waals surface area contributed by atoms with Crippen molar-refractivity contribution in [1.29, 1.82) is 0 Å². The molecular formula is C51H30N4OS. The van der Waals surface area contributed by atoms with E-state index in [0.717, 1.165) is 61.0 Å². The predicted octanol–water partition coefficient (Wildman–Crippen LogP) is 13.9. The molecule has 0 aliphatic rings. The van der Waals surface area contributed by atoms with Crippen LogP contribution in [0.1, 0.15) is 0 Å². The van der Waals surface area contributed by atoms with Crippen molar-refractivity contribution in [2.24, 2.45) is 0 Å². The van der Waals surface area contributed by atoms with Gasteiger partial charge in [0.15, 0.2) is 17.5 Å². The van der Waals surface area contributed by atoms with Crippen LogP contribution in [0, 0.1) is 0 Å². The maximum absolute atomic E-state index is 6.89. The summed E-state index contributed by atoms with van der Waals surface area (Å²) in [6.45, 7) is 0. The van der Waals surface area contributed by atoms with Gasteiger partial charge in [-0.2, -0.15) is 0 Å². The molecule has 0 fully saturated rings. The van der Waals surface area contributed by atoms with Gasteiger partial charge in [-0.25, -0.2) is 15.0 Å². The fourth-order valence-corrected chi connectivity index (χ4v) is 9.70. The summed E-state index contributed by atoms with van der Waals surface area (Å²) in [6, 6.07) is 63.6. The molecule has 8 aromatic carbocycles. The van der Waals surface area contributed by atoms with E-state index in [4.69, 9.17) is 19.4 Å². The molecule has 5 nitrogen and oxygen atoms in total. The topological polar surface area (TPSA) is 56.7 Å². The molecule has 0 atom stereocenters. The van der Waals surface area contributed by atoms with Crippen LogP contribution >= 0.6 is 11.3 Å². The van der Waals surface area contributed by atoms with E-state index in [-0.39, 0.29) is 0 Å². The number of hydrogen-bond acceptors (Lipinski definition) is 5. The average molecular weight is 747 g/mol. The number of furan rings is 1. The highest BCUT2D eigenvalue weighted by Gasteiger charge is 2.24. The van der Waals surface area contributed by atoms with E-state index < -0.39 is 0 Å². The number of fused-ring (bicyclic) bond motifs is 10. The Kier molecular flexibility index (Phi) is 7.03. The smallest absolute Gasteiger partial charge is 0.167 e. The molecule has 0 spiro atoms. The summed E-state index contributed by atoms with van der Waals surface area (Å²) in [4.78, 5) is 15.5. The Hall–Kier alpha value is -7.41. The highest BCUT2D eigenvalue weighted by molar-refractivity contribution is 7.26. The summed E-state index contributed by atoms with van der Waals surface area (Å²) in [5, 5.41) is 7.02. The van der Waals surface area contributed by atoms with Crippen LogP contribution in [0.2, 0.25) is 0 Å². The second-order valence-corrected chi connectivity index (χ2v) is 15.4. The molecule has 0 aliphatic heterocycles. The van der Waals surface area contributed by atoms with E-state index in [9.17, 15) is 0 Å². The van der Waals surface area contributed by atoms with Crippen molar-refractivity contribution in [3.05, 3.63) is 182 Å². The van der Waals surface area contributed by atoms with Gasteiger partial charge in [-0.3, -0.25) is 0 Å². The van der Waals surface area contributed by atoms with Crippen molar-refractivity contribution in [3.8, 4) is 51.0 Å². The molecule has 0 radical (unpaired) electrons. The van der Waals surface area contributed by atoms with Gasteiger partial charge in [-0.05, 0) is 47.5 Å². The van der Waals surface area contributed by atoms with E-state index in [0.29, 0.717) is 17.5 Å². The first-order valence-electron chi connectivity index (χ1n) is 19.0. The minimum Gasteiger partial charge on any atom is -0.455 e. The zero-order valence-corrected chi connectivity index (χ0v) is 31.2. The highest BCUT2D eigenvalue weighted by atomic mass is 32.1. The van der Waals surface area contributed by atoms with Crippen molar-refractivity contribution in [1.82, 2.24) is 19.5 Å². The van der Waals surface area contributed by atoms with Gasteiger partial charge < -0.3 is 8.98 Å². The Balaban J connectivity index is 1.15. The molecule has 0 N–H and O–H groups in total. The summed E-state index contributed by atoms with van der Waals surface area (Å²) < 4.78 is 11.9. The van der Waals surface area contributed by atoms with E-state index in [1.54, 1.807) is 0 Å². The van der Waals surface area contributed by atoms with Crippen LogP contribution in [0.25, 0.3) is 115 Å². The normalized spacial score (nSPS) is 11.9. The van der Waals surface area contributed by atoms with Crippen molar-refractivity contribution in [2.75, 3.05) is 0 Å². The monoisotopic (exact) mass is 746 g/mol. The van der Waals surface area contributed by atoms with Crippen LogP contribution in [0.4, 0.5) is 0 Å². The zero-order valence-electron chi connectivity index (χ0n) is 30.4. The van der Waals surface area contributed by atoms with Crippen LogP contribution in [0.5, 0.6) is 0 Å². The molecule has 57 heavy (non-hydrogen) atoms. The number of nitrogens with zero attached hydrogens (tertiary/aromatic N) is 4. The summed E-state index contributed by atoms with van der Waals surface area (Å²) >= 11 is 1.85. The van der Waals surface area contributed by atoms with Gasteiger partial charge in [0.2, 0.25) is 0 Å².